The zero-order chi connectivity index (χ0) is 11.6. The van der Waals surface area contributed by atoms with Gasteiger partial charge < -0.3 is 14.7 Å². The van der Waals surface area contributed by atoms with Crippen molar-refractivity contribution in [3.63, 3.8) is 0 Å². The van der Waals surface area contributed by atoms with Gasteiger partial charge in [0.25, 0.3) is 0 Å². The predicted octanol–water partition coefficient (Wildman–Crippen LogP) is 1.38. The average molecular weight is 296 g/mol. The van der Waals surface area contributed by atoms with E-state index in [0.29, 0.717) is 10.2 Å². The molecule has 0 bridgehead atoms. The van der Waals surface area contributed by atoms with Crippen LogP contribution in [-0.2, 0) is 10.1 Å². The van der Waals surface area contributed by atoms with E-state index < -0.39 is 10.1 Å². The first kappa shape index (κ1) is 12.1. The monoisotopic (exact) mass is 295 g/mol. The van der Waals surface area contributed by atoms with Gasteiger partial charge in [0.1, 0.15) is 5.75 Å². The molecule has 1 aromatic carbocycles. The summed E-state index contributed by atoms with van der Waals surface area (Å²) in [6, 6.07) is 3.04. The number of anilines is 1. The minimum Gasteiger partial charge on any atom is -0.497 e. The summed E-state index contributed by atoms with van der Waals surface area (Å²) >= 11 is 3.14. The lowest BCUT2D eigenvalue weighted by Gasteiger charge is -2.10. The Morgan fingerprint density at radius 2 is 2.00 bits per heavy atom. The molecule has 1 rings (SSSR count). The molecule has 0 spiro atoms. The normalized spacial score (nSPS) is 11.1. The Morgan fingerprint density at radius 3 is 2.40 bits per heavy atom. The highest BCUT2D eigenvalue weighted by Crippen LogP contribution is 2.36. The summed E-state index contributed by atoms with van der Waals surface area (Å²) < 4.78 is 31.9. The van der Waals surface area contributed by atoms with Crippen LogP contribution >= 0.6 is 15.9 Å². The van der Waals surface area contributed by atoms with Crippen LogP contribution in [0.4, 0.5) is 5.69 Å². The molecule has 0 radical (unpaired) electrons. The molecule has 0 aromatic heterocycles. The molecule has 0 aliphatic carbocycles. The van der Waals surface area contributed by atoms with E-state index in [1.807, 2.05) is 0 Å². The van der Waals surface area contributed by atoms with Gasteiger partial charge in [-0.25, -0.2) is 0 Å². The Hall–Kier alpha value is -0.950. The van der Waals surface area contributed by atoms with Gasteiger partial charge in [-0.05, 0) is 22.0 Å². The molecule has 0 aliphatic rings. The Morgan fingerprint density at radius 1 is 1.40 bits per heavy atom. The van der Waals surface area contributed by atoms with Crippen LogP contribution in [0.15, 0.2) is 16.6 Å². The molecule has 5 nitrogen and oxygen atoms in total. The van der Waals surface area contributed by atoms with E-state index in [-0.39, 0.29) is 11.4 Å². The SMILES string of the molecule is COc1cc(N)c(OS(C)(=O)=O)c(Br)c1. The lowest BCUT2D eigenvalue weighted by molar-refractivity contribution is 0.413. The van der Waals surface area contributed by atoms with Gasteiger partial charge in [-0.15, -0.1) is 0 Å². The van der Waals surface area contributed by atoms with Gasteiger partial charge in [0.05, 0.1) is 23.5 Å². The first-order chi connectivity index (χ1) is 6.83. The van der Waals surface area contributed by atoms with Crippen molar-refractivity contribution in [2.45, 2.75) is 0 Å². The van der Waals surface area contributed by atoms with E-state index in [0.717, 1.165) is 6.26 Å². The van der Waals surface area contributed by atoms with Crippen molar-refractivity contribution in [1.82, 2.24) is 0 Å². The van der Waals surface area contributed by atoms with E-state index >= 15 is 0 Å². The average Bonchev–Trinajstić information content (AvgIpc) is 2.09. The van der Waals surface area contributed by atoms with Crippen molar-refractivity contribution in [2.24, 2.45) is 0 Å². The van der Waals surface area contributed by atoms with Crippen LogP contribution in [0.3, 0.4) is 0 Å². The summed E-state index contributed by atoms with van der Waals surface area (Å²) in [7, 11) is -2.11. The number of rotatable bonds is 3. The molecule has 0 aliphatic heterocycles. The molecule has 0 amide bonds. The maximum Gasteiger partial charge on any atom is 0.306 e. The van der Waals surface area contributed by atoms with Gasteiger partial charge in [-0.2, -0.15) is 8.42 Å². The Kier molecular flexibility index (Phi) is 3.46. The molecule has 15 heavy (non-hydrogen) atoms. The predicted molar refractivity (Wildman–Crippen MR) is 60.6 cm³/mol. The van der Waals surface area contributed by atoms with Gasteiger partial charge in [0, 0.05) is 6.07 Å². The quantitative estimate of drug-likeness (QED) is 0.673. The molecule has 7 heteroatoms. The third-order valence-corrected chi connectivity index (χ3v) is 2.57. The molecular weight excluding hydrogens is 286 g/mol. The first-order valence-electron chi connectivity index (χ1n) is 3.86. The van der Waals surface area contributed by atoms with Crippen molar-refractivity contribution < 1.29 is 17.3 Å². The molecule has 0 fully saturated rings. The van der Waals surface area contributed by atoms with Gasteiger partial charge in [-0.3, -0.25) is 0 Å². The third kappa shape index (κ3) is 3.28. The van der Waals surface area contributed by atoms with Crippen molar-refractivity contribution in [3.8, 4) is 11.5 Å². The third-order valence-electron chi connectivity index (χ3n) is 1.52. The smallest absolute Gasteiger partial charge is 0.306 e. The van der Waals surface area contributed by atoms with Crippen molar-refractivity contribution in [3.05, 3.63) is 16.6 Å². The maximum atomic E-state index is 10.9. The molecule has 0 saturated heterocycles. The van der Waals surface area contributed by atoms with Crippen molar-refractivity contribution in [1.29, 1.82) is 0 Å². The Balaban J connectivity index is 3.20. The summed E-state index contributed by atoms with van der Waals surface area (Å²) in [4.78, 5) is 0. The summed E-state index contributed by atoms with van der Waals surface area (Å²) in [5, 5.41) is 0. The van der Waals surface area contributed by atoms with Crippen molar-refractivity contribution in [2.75, 3.05) is 19.1 Å². The van der Waals surface area contributed by atoms with Crippen LogP contribution in [-0.4, -0.2) is 21.8 Å². The van der Waals surface area contributed by atoms with Crippen LogP contribution in [0.5, 0.6) is 11.5 Å². The van der Waals surface area contributed by atoms with E-state index in [1.165, 1.54) is 13.2 Å². The standard InChI is InChI=1S/C8H10BrNO4S/c1-13-5-3-6(9)8(7(10)4-5)14-15(2,11)12/h3-4H,10H2,1-2H3. The first-order valence-corrected chi connectivity index (χ1v) is 6.47. The summed E-state index contributed by atoms with van der Waals surface area (Å²) in [6.07, 6.45) is 0.948. The van der Waals surface area contributed by atoms with Crippen LogP contribution in [0.1, 0.15) is 0 Å². The molecule has 0 heterocycles. The number of halogens is 1. The highest BCUT2D eigenvalue weighted by molar-refractivity contribution is 9.10. The molecule has 0 unspecified atom stereocenters. The second-order valence-corrected chi connectivity index (χ2v) is 5.24. The van der Waals surface area contributed by atoms with Gasteiger partial charge >= 0.3 is 10.1 Å². The topological polar surface area (TPSA) is 78.6 Å². The number of hydrogen-bond donors (Lipinski definition) is 1. The molecule has 0 atom stereocenters. The zero-order valence-electron chi connectivity index (χ0n) is 8.15. The Labute approximate surface area is 96.4 Å². The van der Waals surface area contributed by atoms with Crippen LogP contribution in [0.2, 0.25) is 0 Å². The van der Waals surface area contributed by atoms with Crippen LogP contribution in [0, 0.1) is 0 Å². The molecule has 2 N–H and O–H groups in total. The Bertz CT molecular complexity index is 449. The second-order valence-electron chi connectivity index (χ2n) is 2.82. The highest BCUT2D eigenvalue weighted by atomic mass is 79.9. The lowest BCUT2D eigenvalue weighted by Crippen LogP contribution is -2.08. The number of nitrogens with two attached hydrogens (primary N) is 1. The number of benzene rings is 1. The number of ether oxygens (including phenoxy) is 1. The number of methoxy groups -OCH3 is 1. The molecule has 1 aromatic rings. The molecule has 84 valence electrons. The van der Waals surface area contributed by atoms with Crippen LogP contribution in [0.25, 0.3) is 0 Å². The maximum absolute atomic E-state index is 10.9. The molecule has 0 saturated carbocycles. The fraction of sp³-hybridized carbons (Fsp3) is 0.250. The minimum atomic E-state index is -3.59. The minimum absolute atomic E-state index is 0.0679. The van der Waals surface area contributed by atoms with Crippen molar-refractivity contribution >= 4 is 31.7 Å². The lowest BCUT2D eigenvalue weighted by atomic mass is 10.3. The van der Waals surface area contributed by atoms with Crippen LogP contribution < -0.4 is 14.7 Å². The fourth-order valence-electron chi connectivity index (χ4n) is 0.946. The summed E-state index contributed by atoms with van der Waals surface area (Å²) in [5.74, 6) is 0.582. The van der Waals surface area contributed by atoms with E-state index in [1.54, 1.807) is 6.07 Å². The fourth-order valence-corrected chi connectivity index (χ4v) is 2.08. The molecular formula is C8H10BrNO4S. The van der Waals surface area contributed by atoms with E-state index in [2.05, 4.69) is 15.9 Å². The number of hydrogen-bond acceptors (Lipinski definition) is 5. The zero-order valence-corrected chi connectivity index (χ0v) is 10.6. The van der Waals surface area contributed by atoms with Gasteiger partial charge in [0.15, 0.2) is 5.75 Å². The summed E-state index contributed by atoms with van der Waals surface area (Å²) in [6.45, 7) is 0. The number of nitrogen functional groups attached to an aromatic ring is 1. The van der Waals surface area contributed by atoms with Gasteiger partial charge in [0.2, 0.25) is 0 Å². The second kappa shape index (κ2) is 4.28. The van der Waals surface area contributed by atoms with E-state index in [9.17, 15) is 8.42 Å². The largest absolute Gasteiger partial charge is 0.497 e. The summed E-state index contributed by atoms with van der Waals surface area (Å²) in [5.41, 5.74) is 5.79. The van der Waals surface area contributed by atoms with E-state index in [4.69, 9.17) is 14.7 Å². The highest BCUT2D eigenvalue weighted by Gasteiger charge is 2.13. The van der Waals surface area contributed by atoms with Gasteiger partial charge in [-0.1, -0.05) is 0 Å².